The van der Waals surface area contributed by atoms with Crippen molar-refractivity contribution in [1.82, 2.24) is 5.32 Å². The topological polar surface area (TPSA) is 89.8 Å². The van der Waals surface area contributed by atoms with Gasteiger partial charge in [0.15, 0.2) is 0 Å². The summed E-state index contributed by atoms with van der Waals surface area (Å²) in [5.74, 6) is -0.289. The maximum absolute atomic E-state index is 12.2. The highest BCUT2D eigenvalue weighted by Gasteiger charge is 2.21. The third-order valence-corrected chi connectivity index (χ3v) is 6.67. The number of hydrogen-bond donors (Lipinski definition) is 4. The van der Waals surface area contributed by atoms with Crippen molar-refractivity contribution >= 4 is 5.91 Å². The average molecular weight is 472 g/mol. The first-order valence-corrected chi connectivity index (χ1v) is 14.3. The van der Waals surface area contributed by atoms with Crippen LogP contribution in [-0.4, -0.2) is 46.1 Å². The fourth-order valence-electron chi connectivity index (χ4n) is 4.40. The molecule has 0 aliphatic carbocycles. The van der Waals surface area contributed by atoms with Crippen molar-refractivity contribution in [2.75, 3.05) is 6.61 Å². The zero-order valence-corrected chi connectivity index (χ0v) is 22.0. The van der Waals surface area contributed by atoms with E-state index in [2.05, 4.69) is 19.2 Å². The molecule has 0 rings (SSSR count). The van der Waals surface area contributed by atoms with Gasteiger partial charge in [-0.1, -0.05) is 129 Å². The van der Waals surface area contributed by atoms with E-state index in [1.54, 1.807) is 0 Å². The Morgan fingerprint density at radius 3 is 1.45 bits per heavy atom. The van der Waals surface area contributed by atoms with Crippen molar-refractivity contribution in [3.05, 3.63) is 0 Å². The lowest BCUT2D eigenvalue weighted by Crippen LogP contribution is -2.46. The molecule has 0 fully saturated rings. The SMILES string of the molecule is CCCCCCCCCCCCCC(O)C(CO)NC(=O)CC(O)CCCCCCCCC. The Hall–Kier alpha value is -0.650. The van der Waals surface area contributed by atoms with Crippen LogP contribution in [0.15, 0.2) is 0 Å². The van der Waals surface area contributed by atoms with Crippen molar-refractivity contribution in [2.24, 2.45) is 0 Å². The van der Waals surface area contributed by atoms with Gasteiger partial charge in [-0.05, 0) is 12.8 Å². The molecule has 0 aromatic heterocycles. The first kappa shape index (κ1) is 32.4. The van der Waals surface area contributed by atoms with E-state index in [4.69, 9.17) is 0 Å². The van der Waals surface area contributed by atoms with Crippen LogP contribution in [0.4, 0.5) is 0 Å². The van der Waals surface area contributed by atoms with Gasteiger partial charge < -0.3 is 20.6 Å². The van der Waals surface area contributed by atoms with Crippen LogP contribution in [0.2, 0.25) is 0 Å². The molecule has 0 radical (unpaired) electrons. The van der Waals surface area contributed by atoms with Crippen molar-refractivity contribution in [3.8, 4) is 0 Å². The molecule has 5 nitrogen and oxygen atoms in total. The molecular weight excluding hydrogens is 414 g/mol. The Balaban J connectivity index is 3.76. The van der Waals surface area contributed by atoms with E-state index >= 15 is 0 Å². The van der Waals surface area contributed by atoms with E-state index in [9.17, 15) is 20.1 Å². The first-order valence-electron chi connectivity index (χ1n) is 14.3. The Labute approximate surface area is 205 Å². The third-order valence-electron chi connectivity index (χ3n) is 6.67. The molecule has 0 aromatic rings. The molecular formula is C28H57NO4. The second-order valence-electron chi connectivity index (χ2n) is 10.0. The highest BCUT2D eigenvalue weighted by Crippen LogP contribution is 2.14. The van der Waals surface area contributed by atoms with Gasteiger partial charge in [0.25, 0.3) is 0 Å². The minimum atomic E-state index is -0.738. The molecule has 5 heteroatoms. The second-order valence-corrected chi connectivity index (χ2v) is 10.0. The van der Waals surface area contributed by atoms with Crippen molar-refractivity contribution in [1.29, 1.82) is 0 Å². The summed E-state index contributed by atoms with van der Waals surface area (Å²) < 4.78 is 0. The number of unbranched alkanes of at least 4 members (excludes halogenated alkanes) is 16. The minimum Gasteiger partial charge on any atom is -0.394 e. The minimum absolute atomic E-state index is 0.0392. The quantitative estimate of drug-likeness (QED) is 0.116. The number of nitrogens with one attached hydrogen (secondary N) is 1. The van der Waals surface area contributed by atoms with Gasteiger partial charge in [-0.2, -0.15) is 0 Å². The van der Waals surface area contributed by atoms with Crippen molar-refractivity contribution < 1.29 is 20.1 Å². The molecule has 0 aliphatic rings. The smallest absolute Gasteiger partial charge is 0.222 e. The molecule has 0 heterocycles. The lowest BCUT2D eigenvalue weighted by Gasteiger charge is -2.23. The highest BCUT2D eigenvalue weighted by molar-refractivity contribution is 5.76. The van der Waals surface area contributed by atoms with Crippen LogP contribution >= 0.6 is 0 Å². The molecule has 0 aliphatic heterocycles. The van der Waals surface area contributed by atoms with Gasteiger partial charge in [-0.25, -0.2) is 0 Å². The Bertz CT molecular complexity index is 419. The zero-order valence-electron chi connectivity index (χ0n) is 22.0. The summed E-state index contributed by atoms with van der Waals surface area (Å²) in [6.07, 6.45) is 22.0. The maximum Gasteiger partial charge on any atom is 0.222 e. The number of carbonyl (C=O) groups is 1. The van der Waals surface area contributed by atoms with Gasteiger partial charge in [0.2, 0.25) is 5.91 Å². The van der Waals surface area contributed by atoms with Crippen LogP contribution in [0.3, 0.4) is 0 Å². The van der Waals surface area contributed by atoms with Crippen LogP contribution in [0.25, 0.3) is 0 Å². The molecule has 1 amide bonds. The largest absolute Gasteiger partial charge is 0.394 e. The number of amides is 1. The summed E-state index contributed by atoms with van der Waals surface area (Å²) in [6, 6.07) is -0.647. The average Bonchev–Trinajstić information content (AvgIpc) is 2.80. The van der Waals surface area contributed by atoms with E-state index in [1.807, 2.05) is 0 Å². The third kappa shape index (κ3) is 21.6. The fraction of sp³-hybridized carbons (Fsp3) is 0.964. The Morgan fingerprint density at radius 1 is 0.636 bits per heavy atom. The monoisotopic (exact) mass is 471 g/mol. The molecule has 0 spiro atoms. The van der Waals surface area contributed by atoms with Crippen molar-refractivity contribution in [2.45, 2.75) is 167 Å². The number of aliphatic hydroxyl groups is 3. The van der Waals surface area contributed by atoms with Crippen molar-refractivity contribution in [3.63, 3.8) is 0 Å². The number of carbonyl (C=O) groups excluding carboxylic acids is 1. The molecule has 0 bridgehead atoms. The molecule has 3 unspecified atom stereocenters. The Kier molecular flexibility index (Phi) is 24.0. The summed E-state index contributed by atoms with van der Waals surface area (Å²) in [4.78, 5) is 12.2. The second kappa shape index (κ2) is 24.5. The van der Waals surface area contributed by atoms with E-state index in [1.165, 1.54) is 89.9 Å². The van der Waals surface area contributed by atoms with Crippen LogP contribution in [0.5, 0.6) is 0 Å². The molecule has 3 atom stereocenters. The Morgan fingerprint density at radius 2 is 1.03 bits per heavy atom. The van der Waals surface area contributed by atoms with Gasteiger partial charge in [0, 0.05) is 0 Å². The summed E-state index contributed by atoms with van der Waals surface area (Å²) in [6.45, 7) is 4.18. The first-order chi connectivity index (χ1) is 16.0. The predicted molar refractivity (Wildman–Crippen MR) is 139 cm³/mol. The van der Waals surface area contributed by atoms with E-state index in [0.29, 0.717) is 12.8 Å². The summed E-state index contributed by atoms with van der Waals surface area (Å²) in [5.41, 5.74) is 0. The van der Waals surface area contributed by atoms with E-state index in [-0.39, 0.29) is 18.9 Å². The number of rotatable bonds is 25. The number of hydrogen-bond acceptors (Lipinski definition) is 4. The van der Waals surface area contributed by atoms with E-state index in [0.717, 1.165) is 25.7 Å². The van der Waals surface area contributed by atoms with Crippen LogP contribution in [-0.2, 0) is 4.79 Å². The highest BCUT2D eigenvalue weighted by atomic mass is 16.3. The van der Waals surface area contributed by atoms with Gasteiger partial charge >= 0.3 is 0 Å². The molecule has 0 saturated carbocycles. The predicted octanol–water partition coefficient (Wildman–Crippen LogP) is 6.42. The zero-order chi connectivity index (χ0) is 24.6. The molecule has 4 N–H and O–H groups in total. The molecule has 33 heavy (non-hydrogen) atoms. The van der Waals surface area contributed by atoms with Gasteiger partial charge in [-0.3, -0.25) is 4.79 Å². The normalized spacial score (nSPS) is 14.2. The lowest BCUT2D eigenvalue weighted by atomic mass is 10.0. The summed E-state index contributed by atoms with van der Waals surface area (Å²) >= 11 is 0. The molecule has 198 valence electrons. The molecule has 0 aromatic carbocycles. The van der Waals surface area contributed by atoms with E-state index < -0.39 is 18.2 Å². The van der Waals surface area contributed by atoms with Crippen LogP contribution in [0.1, 0.15) is 149 Å². The van der Waals surface area contributed by atoms with Gasteiger partial charge in [0.1, 0.15) is 0 Å². The maximum atomic E-state index is 12.2. The lowest BCUT2D eigenvalue weighted by molar-refractivity contribution is -0.125. The van der Waals surface area contributed by atoms with Gasteiger partial charge in [0.05, 0.1) is 31.3 Å². The fourth-order valence-corrected chi connectivity index (χ4v) is 4.40. The summed E-state index contributed by atoms with van der Waals surface area (Å²) in [7, 11) is 0. The van der Waals surface area contributed by atoms with Gasteiger partial charge in [-0.15, -0.1) is 0 Å². The summed E-state index contributed by atoms with van der Waals surface area (Å²) in [5, 5.41) is 32.8. The van der Waals surface area contributed by atoms with Crippen LogP contribution in [0, 0.1) is 0 Å². The van der Waals surface area contributed by atoms with Crippen LogP contribution < -0.4 is 5.32 Å². The standard InChI is InChI=1S/C28H57NO4/c1-3-5-7-9-11-12-13-14-16-18-20-22-27(32)26(24-30)29-28(33)23-25(31)21-19-17-15-10-8-6-4-2/h25-27,30-32H,3-24H2,1-2H3,(H,29,33). The molecule has 0 saturated heterocycles. The number of aliphatic hydroxyl groups excluding tert-OH is 3.